The van der Waals surface area contributed by atoms with Crippen molar-refractivity contribution in [3.63, 3.8) is 0 Å². The molecule has 0 amide bonds. The molecule has 0 unspecified atom stereocenters. The van der Waals surface area contributed by atoms with Gasteiger partial charge in [0.25, 0.3) is 0 Å². The van der Waals surface area contributed by atoms with Gasteiger partial charge in [-0.25, -0.2) is 4.98 Å². The predicted molar refractivity (Wildman–Crippen MR) is 82.2 cm³/mol. The lowest BCUT2D eigenvalue weighted by molar-refractivity contribution is 0.301. The molecule has 2 aromatic heterocycles. The second-order valence-electron chi connectivity index (χ2n) is 4.84. The number of fused-ring (bicyclic) bond motifs is 3. The van der Waals surface area contributed by atoms with Gasteiger partial charge in [-0.2, -0.15) is 0 Å². The molecule has 0 saturated carbocycles. The van der Waals surface area contributed by atoms with E-state index >= 15 is 0 Å². The van der Waals surface area contributed by atoms with E-state index < -0.39 is 0 Å². The van der Waals surface area contributed by atoms with Crippen LogP contribution in [-0.2, 0) is 6.61 Å². The van der Waals surface area contributed by atoms with Gasteiger partial charge in [-0.15, -0.1) is 0 Å². The normalized spacial score (nSPS) is 12.2. The zero-order valence-corrected chi connectivity index (χ0v) is 11.8. The molecule has 0 saturated heterocycles. The summed E-state index contributed by atoms with van der Waals surface area (Å²) >= 11 is 6.34. The van der Waals surface area contributed by atoms with Gasteiger partial charge in [0.05, 0.1) is 6.20 Å². The fraction of sp³-hybridized carbons (Fsp3) is 0.0588. The summed E-state index contributed by atoms with van der Waals surface area (Å²) in [6, 6.07) is 12.0. The van der Waals surface area contributed by atoms with Gasteiger partial charge in [0, 0.05) is 34.6 Å². The highest BCUT2D eigenvalue weighted by Gasteiger charge is 2.23. The Kier molecular flexibility index (Phi) is 2.86. The number of ether oxygens (including phenoxy) is 1. The maximum absolute atomic E-state index is 6.34. The van der Waals surface area contributed by atoms with E-state index in [-0.39, 0.29) is 0 Å². The number of rotatable bonds is 1. The van der Waals surface area contributed by atoms with E-state index in [1.165, 1.54) is 0 Å². The summed E-state index contributed by atoms with van der Waals surface area (Å²) < 4.78 is 5.82. The lowest BCUT2D eigenvalue weighted by atomic mass is 9.93. The Morgan fingerprint density at radius 2 is 1.86 bits per heavy atom. The molecule has 0 fully saturated rings. The minimum Gasteiger partial charge on any atom is -0.487 e. The number of hydrogen-bond acceptors (Lipinski definition) is 3. The fourth-order valence-corrected chi connectivity index (χ4v) is 2.94. The van der Waals surface area contributed by atoms with Crippen molar-refractivity contribution in [3.05, 3.63) is 65.7 Å². The first-order valence-electron chi connectivity index (χ1n) is 6.64. The van der Waals surface area contributed by atoms with Gasteiger partial charge in [-0.3, -0.25) is 4.98 Å². The minimum atomic E-state index is 0.473. The Morgan fingerprint density at radius 1 is 1.00 bits per heavy atom. The summed E-state index contributed by atoms with van der Waals surface area (Å²) in [4.78, 5) is 8.45. The Balaban J connectivity index is 2.00. The Morgan fingerprint density at radius 3 is 2.71 bits per heavy atom. The molecular weight excluding hydrogens is 284 g/mol. The quantitative estimate of drug-likeness (QED) is 0.626. The lowest BCUT2D eigenvalue weighted by Gasteiger charge is -2.23. The van der Waals surface area contributed by atoms with Crippen LogP contribution < -0.4 is 4.74 Å². The standard InChI is InChI=1S/C17H11ClN2O/c18-17-16(11-4-2-1-3-5-11)14-10-21-15-9-19-7-6-12(15)13(14)8-20-17/h1-9H,10H2. The molecule has 3 nitrogen and oxygen atoms in total. The van der Waals surface area contributed by atoms with E-state index in [9.17, 15) is 0 Å². The third-order valence-electron chi connectivity index (χ3n) is 3.65. The molecule has 0 N–H and O–H groups in total. The molecule has 0 radical (unpaired) electrons. The molecule has 1 aliphatic heterocycles. The number of halogens is 1. The average Bonchev–Trinajstić information content (AvgIpc) is 2.55. The SMILES string of the molecule is Clc1ncc2c(c1-c1ccccc1)COc1cnccc1-2. The van der Waals surface area contributed by atoms with Gasteiger partial charge in [0.1, 0.15) is 17.5 Å². The summed E-state index contributed by atoms with van der Waals surface area (Å²) in [6.45, 7) is 0.473. The van der Waals surface area contributed by atoms with E-state index in [4.69, 9.17) is 16.3 Å². The number of hydrogen-bond donors (Lipinski definition) is 0. The molecule has 0 bridgehead atoms. The maximum atomic E-state index is 6.34. The first kappa shape index (κ1) is 12.4. The van der Waals surface area contributed by atoms with E-state index in [1.807, 2.05) is 42.6 Å². The van der Waals surface area contributed by atoms with Crippen molar-refractivity contribution in [1.29, 1.82) is 0 Å². The fourth-order valence-electron chi connectivity index (χ4n) is 2.67. The molecular formula is C17H11ClN2O. The van der Waals surface area contributed by atoms with Crippen LogP contribution in [0.5, 0.6) is 5.75 Å². The third kappa shape index (κ3) is 1.98. The highest BCUT2D eigenvalue weighted by Crippen LogP contribution is 2.42. The van der Waals surface area contributed by atoms with E-state index in [0.29, 0.717) is 11.8 Å². The van der Waals surface area contributed by atoms with Crippen molar-refractivity contribution in [2.24, 2.45) is 0 Å². The van der Waals surface area contributed by atoms with E-state index in [2.05, 4.69) is 9.97 Å². The molecule has 1 aliphatic rings. The summed E-state index contributed by atoms with van der Waals surface area (Å²) in [5.41, 5.74) is 5.12. The summed E-state index contributed by atoms with van der Waals surface area (Å²) in [5, 5.41) is 0.501. The zero-order valence-electron chi connectivity index (χ0n) is 11.1. The van der Waals surface area contributed by atoms with Crippen molar-refractivity contribution in [2.75, 3.05) is 0 Å². The lowest BCUT2D eigenvalue weighted by Crippen LogP contribution is -2.08. The molecule has 3 aromatic rings. The Labute approximate surface area is 127 Å². The number of aromatic nitrogens is 2. The van der Waals surface area contributed by atoms with Crippen LogP contribution >= 0.6 is 11.6 Å². The van der Waals surface area contributed by atoms with Crippen LogP contribution in [-0.4, -0.2) is 9.97 Å². The molecule has 1 aromatic carbocycles. The van der Waals surface area contributed by atoms with Crippen LogP contribution in [0.4, 0.5) is 0 Å². The van der Waals surface area contributed by atoms with Gasteiger partial charge in [0.15, 0.2) is 0 Å². The second-order valence-corrected chi connectivity index (χ2v) is 5.20. The largest absolute Gasteiger partial charge is 0.487 e. The van der Waals surface area contributed by atoms with Crippen molar-refractivity contribution >= 4 is 11.6 Å². The van der Waals surface area contributed by atoms with Gasteiger partial charge in [0.2, 0.25) is 0 Å². The molecule has 3 heterocycles. The van der Waals surface area contributed by atoms with Crippen LogP contribution in [0.2, 0.25) is 5.15 Å². The highest BCUT2D eigenvalue weighted by atomic mass is 35.5. The first-order valence-corrected chi connectivity index (χ1v) is 7.02. The molecule has 4 heteroatoms. The van der Waals surface area contributed by atoms with Crippen molar-refractivity contribution in [1.82, 2.24) is 9.97 Å². The summed E-state index contributed by atoms with van der Waals surface area (Å²) in [5.74, 6) is 0.785. The van der Waals surface area contributed by atoms with Crippen molar-refractivity contribution < 1.29 is 4.74 Å². The average molecular weight is 295 g/mol. The van der Waals surface area contributed by atoms with Gasteiger partial charge in [-0.05, 0) is 11.6 Å². The third-order valence-corrected chi connectivity index (χ3v) is 3.94. The number of pyridine rings is 2. The van der Waals surface area contributed by atoms with Gasteiger partial charge >= 0.3 is 0 Å². The molecule has 0 aliphatic carbocycles. The summed E-state index contributed by atoms with van der Waals surface area (Å²) in [6.07, 6.45) is 5.30. The molecule has 0 spiro atoms. The Bertz CT molecular complexity index is 818. The topological polar surface area (TPSA) is 35.0 Å². The first-order chi connectivity index (χ1) is 10.3. The van der Waals surface area contributed by atoms with Crippen LogP contribution in [0.25, 0.3) is 22.3 Å². The highest BCUT2D eigenvalue weighted by molar-refractivity contribution is 6.32. The zero-order chi connectivity index (χ0) is 14.2. The van der Waals surface area contributed by atoms with E-state index in [0.717, 1.165) is 33.6 Å². The van der Waals surface area contributed by atoms with E-state index in [1.54, 1.807) is 12.4 Å². The summed E-state index contributed by atoms with van der Waals surface area (Å²) in [7, 11) is 0. The molecule has 21 heavy (non-hydrogen) atoms. The van der Waals surface area contributed by atoms with Gasteiger partial charge < -0.3 is 4.74 Å². The Hall–Kier alpha value is -2.39. The molecule has 102 valence electrons. The molecule has 4 rings (SSSR count). The van der Waals surface area contributed by atoms with Crippen LogP contribution in [0.3, 0.4) is 0 Å². The van der Waals surface area contributed by atoms with Crippen LogP contribution in [0.1, 0.15) is 5.56 Å². The predicted octanol–water partition coefficient (Wildman–Crippen LogP) is 4.36. The van der Waals surface area contributed by atoms with Gasteiger partial charge in [-0.1, -0.05) is 41.9 Å². The van der Waals surface area contributed by atoms with Crippen LogP contribution in [0, 0.1) is 0 Å². The monoisotopic (exact) mass is 294 g/mol. The van der Waals surface area contributed by atoms with Crippen molar-refractivity contribution in [2.45, 2.75) is 6.61 Å². The second kappa shape index (κ2) is 4.86. The van der Waals surface area contributed by atoms with Crippen LogP contribution in [0.15, 0.2) is 55.0 Å². The number of benzene rings is 1. The minimum absolute atomic E-state index is 0.473. The smallest absolute Gasteiger partial charge is 0.145 e. The molecule has 0 atom stereocenters. The van der Waals surface area contributed by atoms with Crippen molar-refractivity contribution in [3.8, 4) is 28.0 Å². The number of nitrogens with zero attached hydrogens (tertiary/aromatic N) is 2. The maximum Gasteiger partial charge on any atom is 0.145 e.